The first-order valence-electron chi connectivity index (χ1n) is 8.49. The van der Waals surface area contributed by atoms with Crippen molar-refractivity contribution in [3.05, 3.63) is 54.0 Å². The highest BCUT2D eigenvalue weighted by Gasteiger charge is 2.25. The molecule has 1 amide bonds. The Morgan fingerprint density at radius 2 is 2.12 bits per heavy atom. The van der Waals surface area contributed by atoms with E-state index in [1.165, 1.54) is 6.07 Å². The van der Waals surface area contributed by atoms with Crippen molar-refractivity contribution in [3.63, 3.8) is 0 Å². The van der Waals surface area contributed by atoms with Crippen molar-refractivity contribution in [2.45, 2.75) is 6.92 Å². The number of carbonyl (C=O) groups is 1. The topological polar surface area (TPSA) is 80.0 Å². The van der Waals surface area contributed by atoms with Gasteiger partial charge in [0.15, 0.2) is 0 Å². The molecule has 4 N–H and O–H groups in total. The molecule has 1 saturated heterocycles. The van der Waals surface area contributed by atoms with Crippen molar-refractivity contribution in [1.82, 2.24) is 10.3 Å². The number of carbonyl (C=O) groups excluding carboxylic acids is 1. The molecule has 2 aromatic carbocycles. The minimum atomic E-state index is -0.298. The summed E-state index contributed by atoms with van der Waals surface area (Å²) in [6.07, 6.45) is 1.64. The molecule has 0 spiro atoms. The molecular weight excluding hydrogens is 331 g/mol. The number of hydrogen-bond donors (Lipinski definition) is 3. The van der Waals surface area contributed by atoms with Crippen LogP contribution in [-0.4, -0.2) is 24.0 Å². The van der Waals surface area contributed by atoms with Crippen LogP contribution in [0.2, 0.25) is 0 Å². The normalized spacial score (nSPS) is 14.2. The Hall–Kier alpha value is -2.99. The van der Waals surface area contributed by atoms with E-state index in [9.17, 15) is 9.18 Å². The number of benzene rings is 2. The highest BCUT2D eigenvalue weighted by atomic mass is 19.1. The molecule has 1 fully saturated rings. The average Bonchev–Trinajstić information content (AvgIpc) is 2.53. The summed E-state index contributed by atoms with van der Waals surface area (Å²) in [6, 6.07) is 10.4. The number of nitrogens with one attached hydrogen (secondary N) is 2. The first-order chi connectivity index (χ1) is 12.5. The van der Waals surface area contributed by atoms with Crippen molar-refractivity contribution < 1.29 is 9.18 Å². The number of nitrogens with two attached hydrogens (primary N) is 1. The van der Waals surface area contributed by atoms with Crippen LogP contribution in [0.5, 0.6) is 0 Å². The van der Waals surface area contributed by atoms with Crippen molar-refractivity contribution in [2.75, 3.05) is 24.1 Å². The van der Waals surface area contributed by atoms with Crippen molar-refractivity contribution >= 4 is 28.2 Å². The van der Waals surface area contributed by atoms with E-state index in [4.69, 9.17) is 5.73 Å². The van der Waals surface area contributed by atoms with E-state index in [1.54, 1.807) is 24.4 Å². The van der Waals surface area contributed by atoms with Gasteiger partial charge in [-0.1, -0.05) is 12.1 Å². The third kappa shape index (κ3) is 2.88. The van der Waals surface area contributed by atoms with E-state index < -0.39 is 0 Å². The van der Waals surface area contributed by atoms with E-state index in [0.717, 1.165) is 16.3 Å². The van der Waals surface area contributed by atoms with E-state index in [2.05, 4.69) is 15.6 Å². The summed E-state index contributed by atoms with van der Waals surface area (Å²) < 4.78 is 14.5. The molecule has 0 bridgehead atoms. The number of halogens is 1. The van der Waals surface area contributed by atoms with E-state index in [0.29, 0.717) is 35.7 Å². The van der Waals surface area contributed by atoms with Crippen LogP contribution in [0, 0.1) is 18.7 Å². The van der Waals surface area contributed by atoms with Crippen LogP contribution >= 0.6 is 0 Å². The van der Waals surface area contributed by atoms with Crippen LogP contribution < -0.4 is 16.4 Å². The largest absolute Gasteiger partial charge is 0.384 e. The molecule has 0 unspecified atom stereocenters. The Morgan fingerprint density at radius 3 is 2.81 bits per heavy atom. The molecule has 0 atom stereocenters. The number of aromatic nitrogens is 1. The van der Waals surface area contributed by atoms with E-state index in [-0.39, 0.29) is 17.6 Å². The standard InChI is InChI=1S/C20H19FN4O/c1-11-3-2-4-16(21)19(11)12-5-13-10-24-18(22)7-15(13)17(6-12)25-20(26)14-8-23-9-14/h2-7,10,14,23H,8-9H2,1H3,(H2,22,24)(H,25,26). The predicted octanol–water partition coefficient (Wildman–Crippen LogP) is 3.09. The van der Waals surface area contributed by atoms with E-state index in [1.807, 2.05) is 19.1 Å². The van der Waals surface area contributed by atoms with Gasteiger partial charge in [-0.05, 0) is 42.3 Å². The maximum atomic E-state index is 14.5. The number of fused-ring (bicyclic) bond motifs is 1. The fourth-order valence-corrected chi connectivity index (χ4v) is 3.23. The Kier molecular flexibility index (Phi) is 4.05. The first kappa shape index (κ1) is 16.5. The number of nitrogens with zero attached hydrogens (tertiary/aromatic N) is 1. The Balaban J connectivity index is 1.87. The van der Waals surface area contributed by atoms with Gasteiger partial charge in [0.2, 0.25) is 5.91 Å². The highest BCUT2D eigenvalue weighted by Crippen LogP contribution is 2.34. The maximum Gasteiger partial charge on any atom is 0.230 e. The molecule has 1 aromatic heterocycles. The molecule has 5 nitrogen and oxygen atoms in total. The Morgan fingerprint density at radius 1 is 1.31 bits per heavy atom. The quantitative estimate of drug-likeness (QED) is 0.678. The number of pyridine rings is 1. The third-order valence-corrected chi connectivity index (χ3v) is 4.78. The lowest BCUT2D eigenvalue weighted by Crippen LogP contribution is -2.48. The van der Waals surface area contributed by atoms with Gasteiger partial charge in [-0.3, -0.25) is 4.79 Å². The number of nitrogen functional groups attached to an aromatic ring is 1. The lowest BCUT2D eigenvalue weighted by atomic mass is 9.96. The molecule has 3 aromatic rings. The number of anilines is 2. The van der Waals surface area contributed by atoms with Gasteiger partial charge in [0.1, 0.15) is 11.6 Å². The summed E-state index contributed by atoms with van der Waals surface area (Å²) >= 11 is 0. The SMILES string of the molecule is Cc1cccc(F)c1-c1cc(NC(=O)C2CNC2)c2cc(N)ncc2c1. The minimum Gasteiger partial charge on any atom is -0.384 e. The number of rotatable bonds is 3. The Labute approximate surface area is 150 Å². The average molecular weight is 350 g/mol. The molecule has 26 heavy (non-hydrogen) atoms. The van der Waals surface area contributed by atoms with Crippen molar-refractivity contribution in [2.24, 2.45) is 5.92 Å². The lowest BCUT2D eigenvalue weighted by molar-refractivity contribution is -0.121. The van der Waals surface area contributed by atoms with Crippen LogP contribution in [-0.2, 0) is 4.79 Å². The Bertz CT molecular complexity index is 994. The van der Waals surface area contributed by atoms with Gasteiger partial charge < -0.3 is 16.4 Å². The molecule has 4 rings (SSSR count). The summed E-state index contributed by atoms with van der Waals surface area (Å²) in [6.45, 7) is 3.20. The zero-order valence-electron chi connectivity index (χ0n) is 14.3. The highest BCUT2D eigenvalue weighted by molar-refractivity contribution is 6.05. The van der Waals surface area contributed by atoms with Gasteiger partial charge >= 0.3 is 0 Å². The predicted molar refractivity (Wildman–Crippen MR) is 101 cm³/mol. The maximum absolute atomic E-state index is 14.5. The second-order valence-electron chi connectivity index (χ2n) is 6.63. The summed E-state index contributed by atoms with van der Waals surface area (Å²) in [4.78, 5) is 16.6. The smallest absolute Gasteiger partial charge is 0.230 e. The summed E-state index contributed by atoms with van der Waals surface area (Å²) in [5.74, 6) is -0.0349. The monoisotopic (exact) mass is 350 g/mol. The number of hydrogen-bond acceptors (Lipinski definition) is 4. The zero-order chi connectivity index (χ0) is 18.3. The van der Waals surface area contributed by atoms with Crippen LogP contribution in [0.15, 0.2) is 42.6 Å². The molecule has 1 aliphatic heterocycles. The number of aryl methyl sites for hydroxylation is 1. The van der Waals surface area contributed by atoms with Gasteiger partial charge in [0.25, 0.3) is 0 Å². The van der Waals surface area contributed by atoms with E-state index >= 15 is 0 Å². The first-order valence-corrected chi connectivity index (χ1v) is 8.49. The van der Waals surface area contributed by atoms with Crippen molar-refractivity contribution in [3.8, 4) is 11.1 Å². The fraction of sp³-hybridized carbons (Fsp3) is 0.200. The van der Waals surface area contributed by atoms with Gasteiger partial charge in [0.05, 0.1) is 5.92 Å². The third-order valence-electron chi connectivity index (χ3n) is 4.78. The minimum absolute atomic E-state index is 0.0527. The summed E-state index contributed by atoms with van der Waals surface area (Å²) in [7, 11) is 0. The lowest BCUT2D eigenvalue weighted by Gasteiger charge is -2.26. The van der Waals surface area contributed by atoms with Crippen molar-refractivity contribution in [1.29, 1.82) is 0 Å². The van der Waals surface area contributed by atoms with Gasteiger partial charge in [-0.25, -0.2) is 9.37 Å². The van der Waals surface area contributed by atoms with Gasteiger partial charge in [-0.15, -0.1) is 0 Å². The molecule has 0 radical (unpaired) electrons. The molecule has 2 heterocycles. The number of amides is 1. The molecule has 0 aliphatic carbocycles. The van der Waals surface area contributed by atoms with Gasteiger partial charge in [0, 0.05) is 41.3 Å². The van der Waals surface area contributed by atoms with Gasteiger partial charge in [-0.2, -0.15) is 0 Å². The second-order valence-corrected chi connectivity index (χ2v) is 6.63. The zero-order valence-corrected chi connectivity index (χ0v) is 14.3. The van der Waals surface area contributed by atoms with Crippen LogP contribution in [0.1, 0.15) is 5.56 Å². The molecule has 1 aliphatic rings. The van der Waals surface area contributed by atoms with Crippen LogP contribution in [0.25, 0.3) is 21.9 Å². The summed E-state index contributed by atoms with van der Waals surface area (Å²) in [5, 5.41) is 7.65. The second kappa shape index (κ2) is 6.38. The molecule has 6 heteroatoms. The fourth-order valence-electron chi connectivity index (χ4n) is 3.23. The van der Waals surface area contributed by atoms with Crippen LogP contribution in [0.3, 0.4) is 0 Å². The summed E-state index contributed by atoms with van der Waals surface area (Å²) in [5.41, 5.74) is 8.48. The molecule has 0 saturated carbocycles. The molecule has 132 valence electrons. The van der Waals surface area contributed by atoms with Crippen LogP contribution in [0.4, 0.5) is 15.9 Å². The molecular formula is C20H19FN4O.